The zero-order chi connectivity index (χ0) is 18.6. The van der Waals surface area contributed by atoms with Crippen molar-refractivity contribution in [2.75, 3.05) is 0 Å². The summed E-state index contributed by atoms with van der Waals surface area (Å²) in [5.74, 6) is 1.98. The van der Waals surface area contributed by atoms with Gasteiger partial charge in [0.1, 0.15) is 24.2 Å². The molecule has 1 aliphatic carbocycles. The zero-order valence-electron chi connectivity index (χ0n) is 15.1. The first-order chi connectivity index (χ1) is 13.3. The van der Waals surface area contributed by atoms with Crippen molar-refractivity contribution in [2.45, 2.75) is 31.8 Å². The summed E-state index contributed by atoms with van der Waals surface area (Å²) in [7, 11) is 0. The average Bonchev–Trinajstić information content (AvgIpc) is 2.72. The Bertz CT molecular complexity index is 925. The first kappa shape index (κ1) is 17.2. The van der Waals surface area contributed by atoms with Gasteiger partial charge in [0, 0.05) is 17.5 Å². The second-order valence-corrected chi connectivity index (χ2v) is 6.99. The summed E-state index contributed by atoms with van der Waals surface area (Å²) in [6.45, 7) is 0.491. The van der Waals surface area contributed by atoms with Crippen LogP contribution in [0.5, 0.6) is 11.5 Å². The lowest BCUT2D eigenvalue weighted by atomic mass is 9.74. The van der Waals surface area contributed by atoms with E-state index in [1.165, 1.54) is 0 Å². The molecule has 2 aliphatic rings. The van der Waals surface area contributed by atoms with Gasteiger partial charge in [-0.3, -0.25) is 0 Å². The molecular weight excluding hydrogens is 336 g/mol. The molecule has 0 spiro atoms. The maximum atomic E-state index is 9.64. The fourth-order valence-corrected chi connectivity index (χ4v) is 3.91. The second kappa shape index (κ2) is 7.59. The highest BCUT2D eigenvalue weighted by Crippen LogP contribution is 2.46. The van der Waals surface area contributed by atoms with Gasteiger partial charge < -0.3 is 15.2 Å². The number of nitrogens with two attached hydrogens (primary N) is 1. The molecule has 1 heterocycles. The molecule has 0 amide bonds. The number of rotatable bonds is 4. The van der Waals surface area contributed by atoms with E-state index in [1.807, 2.05) is 48.5 Å². The Morgan fingerprint density at radius 1 is 1.15 bits per heavy atom. The normalized spacial score (nSPS) is 21.1. The van der Waals surface area contributed by atoms with E-state index in [9.17, 15) is 5.26 Å². The van der Waals surface area contributed by atoms with E-state index < -0.39 is 0 Å². The van der Waals surface area contributed by atoms with Crippen molar-refractivity contribution in [3.8, 4) is 17.6 Å². The van der Waals surface area contributed by atoms with Crippen LogP contribution in [0.3, 0.4) is 0 Å². The highest BCUT2D eigenvalue weighted by Gasteiger charge is 2.35. The highest BCUT2D eigenvalue weighted by molar-refractivity contribution is 5.53. The van der Waals surface area contributed by atoms with Crippen molar-refractivity contribution in [3.05, 3.63) is 83.3 Å². The lowest BCUT2D eigenvalue weighted by molar-refractivity contribution is 0.300. The molecule has 0 saturated heterocycles. The van der Waals surface area contributed by atoms with Crippen LogP contribution in [0.4, 0.5) is 0 Å². The van der Waals surface area contributed by atoms with E-state index in [1.54, 1.807) is 0 Å². The van der Waals surface area contributed by atoms with Crippen LogP contribution in [0.25, 0.3) is 0 Å². The van der Waals surface area contributed by atoms with Crippen LogP contribution in [0.15, 0.2) is 72.1 Å². The summed E-state index contributed by atoms with van der Waals surface area (Å²) in [6, 6.07) is 18.2. The molecule has 136 valence electrons. The van der Waals surface area contributed by atoms with Gasteiger partial charge in [0.05, 0.1) is 5.57 Å². The standard InChI is InChI=1S/C23H22N2O2/c24-14-20-22(17-9-5-2-6-10-17)19-12-11-18(13-21(19)27-23(20)25)26-15-16-7-3-1-4-8-16/h1-5,7-8,11-13,17,22H,6,9-10,15,25H2/t17-,22+/m0/s1. The Labute approximate surface area is 159 Å². The van der Waals surface area contributed by atoms with Crippen molar-refractivity contribution in [1.29, 1.82) is 5.26 Å². The zero-order valence-corrected chi connectivity index (χ0v) is 15.1. The van der Waals surface area contributed by atoms with Gasteiger partial charge in [-0.25, -0.2) is 0 Å². The van der Waals surface area contributed by atoms with Gasteiger partial charge in [-0.05, 0) is 36.8 Å². The molecule has 0 fully saturated rings. The number of hydrogen-bond acceptors (Lipinski definition) is 4. The second-order valence-electron chi connectivity index (χ2n) is 6.99. The van der Waals surface area contributed by atoms with Crippen LogP contribution in [0.1, 0.15) is 36.3 Å². The Morgan fingerprint density at radius 2 is 2.00 bits per heavy atom. The fourth-order valence-electron chi connectivity index (χ4n) is 3.91. The van der Waals surface area contributed by atoms with Crippen LogP contribution < -0.4 is 15.2 Å². The van der Waals surface area contributed by atoms with Crippen LogP contribution in [-0.4, -0.2) is 0 Å². The summed E-state index contributed by atoms with van der Waals surface area (Å²) in [4.78, 5) is 0. The largest absolute Gasteiger partial charge is 0.489 e. The van der Waals surface area contributed by atoms with Gasteiger partial charge in [-0.1, -0.05) is 48.6 Å². The first-order valence-electron chi connectivity index (χ1n) is 9.29. The van der Waals surface area contributed by atoms with Crippen molar-refractivity contribution >= 4 is 0 Å². The SMILES string of the molecule is N#CC1=C(N)Oc2cc(OCc3ccccc3)ccc2[C@H]1[C@H]1CC=CCC1. The average molecular weight is 358 g/mol. The van der Waals surface area contributed by atoms with Crippen LogP contribution in [-0.2, 0) is 6.61 Å². The topological polar surface area (TPSA) is 68.3 Å². The van der Waals surface area contributed by atoms with Crippen molar-refractivity contribution in [2.24, 2.45) is 11.7 Å². The van der Waals surface area contributed by atoms with Crippen LogP contribution >= 0.6 is 0 Å². The Morgan fingerprint density at radius 3 is 2.74 bits per heavy atom. The van der Waals surface area contributed by atoms with E-state index >= 15 is 0 Å². The molecule has 2 aromatic carbocycles. The maximum Gasteiger partial charge on any atom is 0.205 e. The number of benzene rings is 2. The van der Waals surface area contributed by atoms with E-state index in [4.69, 9.17) is 15.2 Å². The van der Waals surface area contributed by atoms with Crippen molar-refractivity contribution in [3.63, 3.8) is 0 Å². The molecule has 2 N–H and O–H groups in total. The monoisotopic (exact) mass is 358 g/mol. The van der Waals surface area contributed by atoms with Crippen molar-refractivity contribution in [1.82, 2.24) is 0 Å². The molecule has 1 aliphatic heterocycles. The van der Waals surface area contributed by atoms with Gasteiger partial charge in [-0.2, -0.15) is 5.26 Å². The third kappa shape index (κ3) is 3.54. The molecule has 4 heteroatoms. The molecule has 4 rings (SSSR count). The summed E-state index contributed by atoms with van der Waals surface area (Å²) in [5.41, 5.74) is 8.76. The third-order valence-electron chi connectivity index (χ3n) is 5.27. The van der Waals surface area contributed by atoms with E-state index in [0.717, 1.165) is 36.1 Å². The minimum Gasteiger partial charge on any atom is -0.489 e. The fraction of sp³-hybridized carbons (Fsp3) is 0.261. The van der Waals surface area contributed by atoms with Crippen LogP contribution in [0, 0.1) is 17.2 Å². The molecular formula is C23H22N2O2. The molecule has 0 aromatic heterocycles. The molecule has 2 aromatic rings. The van der Waals surface area contributed by atoms with E-state index in [-0.39, 0.29) is 11.8 Å². The summed E-state index contributed by atoms with van der Waals surface area (Å²) < 4.78 is 11.7. The molecule has 0 radical (unpaired) electrons. The predicted octanol–water partition coefficient (Wildman–Crippen LogP) is 4.79. The Kier molecular flexibility index (Phi) is 4.84. The molecule has 4 nitrogen and oxygen atoms in total. The molecule has 0 saturated carbocycles. The number of ether oxygens (including phenoxy) is 2. The Balaban J connectivity index is 1.61. The number of fused-ring (bicyclic) bond motifs is 1. The summed E-state index contributed by atoms with van der Waals surface area (Å²) in [6.07, 6.45) is 7.44. The Hall–Kier alpha value is -3.19. The van der Waals surface area contributed by atoms with Gasteiger partial charge in [0.15, 0.2) is 0 Å². The summed E-state index contributed by atoms with van der Waals surface area (Å²) >= 11 is 0. The van der Waals surface area contributed by atoms with Gasteiger partial charge in [0.2, 0.25) is 5.88 Å². The van der Waals surface area contributed by atoms with Gasteiger partial charge in [-0.15, -0.1) is 0 Å². The predicted molar refractivity (Wildman–Crippen MR) is 104 cm³/mol. The van der Waals surface area contributed by atoms with Gasteiger partial charge >= 0.3 is 0 Å². The smallest absolute Gasteiger partial charge is 0.205 e. The van der Waals surface area contributed by atoms with Crippen molar-refractivity contribution < 1.29 is 9.47 Å². The first-order valence-corrected chi connectivity index (χ1v) is 9.29. The molecule has 27 heavy (non-hydrogen) atoms. The third-order valence-corrected chi connectivity index (χ3v) is 5.27. The number of allylic oxidation sites excluding steroid dienone is 3. The number of nitriles is 1. The maximum absolute atomic E-state index is 9.64. The summed E-state index contributed by atoms with van der Waals surface area (Å²) in [5, 5.41) is 9.64. The number of hydrogen-bond donors (Lipinski definition) is 1. The van der Waals surface area contributed by atoms with E-state index in [0.29, 0.717) is 23.8 Å². The minimum absolute atomic E-state index is 0.0214. The minimum atomic E-state index is -0.0214. The van der Waals surface area contributed by atoms with Gasteiger partial charge in [0.25, 0.3) is 0 Å². The highest BCUT2D eigenvalue weighted by atomic mass is 16.5. The van der Waals surface area contributed by atoms with E-state index in [2.05, 4.69) is 18.2 Å². The molecule has 2 atom stereocenters. The lowest BCUT2D eigenvalue weighted by Gasteiger charge is -2.33. The molecule has 0 unspecified atom stereocenters. The lowest BCUT2D eigenvalue weighted by Crippen LogP contribution is -2.25. The van der Waals surface area contributed by atoms with Crippen LogP contribution in [0.2, 0.25) is 0 Å². The molecule has 0 bridgehead atoms. The number of nitrogens with zero attached hydrogens (tertiary/aromatic N) is 1. The quantitative estimate of drug-likeness (QED) is 0.798.